The summed E-state index contributed by atoms with van der Waals surface area (Å²) in [7, 11) is 1.39. The number of aromatic amines is 1. The van der Waals surface area contributed by atoms with Crippen molar-refractivity contribution in [2.45, 2.75) is 12.5 Å². The minimum atomic E-state index is -0.965. The average Bonchev–Trinajstić information content (AvgIpc) is 2.69. The van der Waals surface area contributed by atoms with Crippen LogP contribution in [0.2, 0.25) is 0 Å². The van der Waals surface area contributed by atoms with Crippen molar-refractivity contribution in [1.82, 2.24) is 9.97 Å². The highest BCUT2D eigenvalue weighted by molar-refractivity contribution is 5.80. The molecule has 0 saturated carbocycles. The first-order valence-electron chi connectivity index (χ1n) is 4.89. The average molecular weight is 220 g/mol. The summed E-state index contributed by atoms with van der Waals surface area (Å²) in [4.78, 5) is 18.1. The van der Waals surface area contributed by atoms with Crippen molar-refractivity contribution in [1.29, 1.82) is 0 Å². The Morgan fingerprint density at radius 2 is 2.50 bits per heavy atom. The van der Waals surface area contributed by atoms with Crippen LogP contribution in [-0.4, -0.2) is 34.3 Å². The molecular formula is C11H12N2O3. The number of hydrogen-bond donors (Lipinski definition) is 2. The molecule has 5 heteroatoms. The molecule has 16 heavy (non-hydrogen) atoms. The Balaban J connectivity index is 2.30. The third-order valence-corrected chi connectivity index (χ3v) is 2.48. The van der Waals surface area contributed by atoms with Crippen LogP contribution in [-0.2, 0) is 16.0 Å². The summed E-state index contributed by atoms with van der Waals surface area (Å²) in [5.74, 6) is -0.965. The first-order chi connectivity index (χ1) is 7.72. The molecule has 0 aliphatic rings. The predicted octanol–water partition coefficient (Wildman–Crippen LogP) is 1.20. The molecule has 2 N–H and O–H groups in total. The van der Waals surface area contributed by atoms with Gasteiger partial charge < -0.3 is 14.8 Å². The lowest BCUT2D eigenvalue weighted by molar-refractivity contribution is -0.148. The van der Waals surface area contributed by atoms with Crippen LogP contribution >= 0.6 is 0 Å². The largest absolute Gasteiger partial charge is 0.479 e. The number of aromatic nitrogens is 2. The van der Waals surface area contributed by atoms with E-state index < -0.39 is 12.1 Å². The lowest BCUT2D eigenvalue weighted by Gasteiger charge is -2.08. The van der Waals surface area contributed by atoms with Gasteiger partial charge in [-0.3, -0.25) is 4.98 Å². The molecule has 84 valence electrons. The Morgan fingerprint density at radius 3 is 3.19 bits per heavy atom. The molecule has 0 bridgehead atoms. The molecule has 0 amide bonds. The van der Waals surface area contributed by atoms with Crippen molar-refractivity contribution < 1.29 is 14.6 Å². The van der Waals surface area contributed by atoms with E-state index in [4.69, 9.17) is 9.84 Å². The second-order valence-corrected chi connectivity index (χ2v) is 3.48. The first-order valence-corrected chi connectivity index (χ1v) is 4.89. The number of aliphatic carboxylic acids is 1. The quantitative estimate of drug-likeness (QED) is 0.811. The van der Waals surface area contributed by atoms with E-state index in [0.29, 0.717) is 6.42 Å². The summed E-state index contributed by atoms with van der Waals surface area (Å²) in [6, 6.07) is 3.72. The highest BCUT2D eigenvalue weighted by Gasteiger charge is 2.19. The molecule has 0 spiro atoms. The number of ether oxygens (including phenoxy) is 1. The van der Waals surface area contributed by atoms with Gasteiger partial charge in [0.15, 0.2) is 6.10 Å². The Morgan fingerprint density at radius 1 is 1.69 bits per heavy atom. The normalized spacial score (nSPS) is 12.8. The summed E-state index contributed by atoms with van der Waals surface area (Å²) < 4.78 is 4.89. The second-order valence-electron chi connectivity index (χ2n) is 3.48. The lowest BCUT2D eigenvalue weighted by Crippen LogP contribution is -2.24. The SMILES string of the molecule is CO[C@@H](Cc1c[nH]c2cccnc12)C(=O)O. The molecular weight excluding hydrogens is 208 g/mol. The smallest absolute Gasteiger partial charge is 0.333 e. The standard InChI is InChI=1S/C11H12N2O3/c1-16-9(11(14)15)5-7-6-13-8-3-2-4-12-10(7)8/h2-4,6,9,13H,5H2,1H3,(H,14,15)/t9-/m0/s1. The Hall–Kier alpha value is -1.88. The van der Waals surface area contributed by atoms with Gasteiger partial charge in [-0.25, -0.2) is 4.79 Å². The van der Waals surface area contributed by atoms with Gasteiger partial charge in [-0.15, -0.1) is 0 Å². The topological polar surface area (TPSA) is 75.2 Å². The van der Waals surface area contributed by atoms with E-state index in [-0.39, 0.29) is 0 Å². The summed E-state index contributed by atoms with van der Waals surface area (Å²) in [6.07, 6.45) is 2.93. The molecule has 0 fully saturated rings. The summed E-state index contributed by atoms with van der Waals surface area (Å²) in [5.41, 5.74) is 2.55. The van der Waals surface area contributed by atoms with Crippen molar-refractivity contribution in [2.24, 2.45) is 0 Å². The number of nitrogens with one attached hydrogen (secondary N) is 1. The van der Waals surface area contributed by atoms with Crippen molar-refractivity contribution in [3.8, 4) is 0 Å². The number of methoxy groups -OCH3 is 1. The molecule has 1 atom stereocenters. The molecule has 0 aliphatic carbocycles. The fraction of sp³-hybridized carbons (Fsp3) is 0.273. The van der Waals surface area contributed by atoms with Crippen LogP contribution in [0.3, 0.4) is 0 Å². The zero-order valence-corrected chi connectivity index (χ0v) is 8.80. The van der Waals surface area contributed by atoms with E-state index in [0.717, 1.165) is 16.6 Å². The Labute approximate surface area is 92.1 Å². The predicted molar refractivity (Wildman–Crippen MR) is 58.2 cm³/mol. The molecule has 0 aliphatic heterocycles. The number of rotatable bonds is 4. The van der Waals surface area contributed by atoms with Gasteiger partial charge in [0.2, 0.25) is 0 Å². The third-order valence-electron chi connectivity index (χ3n) is 2.48. The van der Waals surface area contributed by atoms with Crippen LogP contribution in [0.25, 0.3) is 11.0 Å². The number of carboxylic acids is 1. The maximum absolute atomic E-state index is 10.8. The van der Waals surface area contributed by atoms with E-state index in [1.165, 1.54) is 7.11 Å². The van der Waals surface area contributed by atoms with Gasteiger partial charge in [0.25, 0.3) is 0 Å². The van der Waals surface area contributed by atoms with E-state index in [1.54, 1.807) is 12.4 Å². The number of carbonyl (C=O) groups is 1. The summed E-state index contributed by atoms with van der Waals surface area (Å²) in [6.45, 7) is 0. The van der Waals surface area contributed by atoms with Crippen LogP contribution in [0.1, 0.15) is 5.56 Å². The third kappa shape index (κ3) is 1.90. The molecule has 2 aromatic heterocycles. The van der Waals surface area contributed by atoms with Gasteiger partial charge >= 0.3 is 5.97 Å². The maximum Gasteiger partial charge on any atom is 0.333 e. The lowest BCUT2D eigenvalue weighted by atomic mass is 10.1. The van der Waals surface area contributed by atoms with Gasteiger partial charge in [0.1, 0.15) is 0 Å². The van der Waals surface area contributed by atoms with E-state index in [1.807, 2.05) is 12.1 Å². The van der Waals surface area contributed by atoms with Gasteiger partial charge in [-0.2, -0.15) is 0 Å². The van der Waals surface area contributed by atoms with Crippen LogP contribution in [0, 0.1) is 0 Å². The number of H-pyrrole nitrogens is 1. The fourth-order valence-corrected chi connectivity index (χ4v) is 1.64. The molecule has 2 aromatic rings. The van der Waals surface area contributed by atoms with Crippen molar-refractivity contribution in [2.75, 3.05) is 7.11 Å². The van der Waals surface area contributed by atoms with Crippen molar-refractivity contribution in [3.63, 3.8) is 0 Å². The fourth-order valence-electron chi connectivity index (χ4n) is 1.64. The van der Waals surface area contributed by atoms with Crippen LogP contribution in [0.5, 0.6) is 0 Å². The van der Waals surface area contributed by atoms with Crippen LogP contribution in [0.4, 0.5) is 0 Å². The monoisotopic (exact) mass is 220 g/mol. The Bertz CT molecular complexity index is 507. The van der Waals surface area contributed by atoms with E-state index in [2.05, 4.69) is 9.97 Å². The number of carboxylic acid groups (broad SMARTS) is 1. The molecule has 0 unspecified atom stereocenters. The number of pyridine rings is 1. The second kappa shape index (κ2) is 4.32. The molecule has 0 radical (unpaired) electrons. The molecule has 5 nitrogen and oxygen atoms in total. The molecule has 0 saturated heterocycles. The number of fused-ring (bicyclic) bond motifs is 1. The number of nitrogens with zero attached hydrogens (tertiary/aromatic N) is 1. The minimum Gasteiger partial charge on any atom is -0.479 e. The summed E-state index contributed by atoms with van der Waals surface area (Å²) in [5, 5.41) is 8.89. The highest BCUT2D eigenvalue weighted by Crippen LogP contribution is 2.17. The molecule has 2 heterocycles. The molecule has 0 aromatic carbocycles. The van der Waals surface area contributed by atoms with Crippen molar-refractivity contribution >= 4 is 17.0 Å². The van der Waals surface area contributed by atoms with Crippen molar-refractivity contribution in [3.05, 3.63) is 30.1 Å². The van der Waals surface area contributed by atoms with Gasteiger partial charge in [0.05, 0.1) is 11.0 Å². The zero-order valence-electron chi connectivity index (χ0n) is 8.80. The van der Waals surface area contributed by atoms with Gasteiger partial charge in [-0.05, 0) is 17.7 Å². The van der Waals surface area contributed by atoms with E-state index >= 15 is 0 Å². The first kappa shape index (κ1) is 10.6. The Kier molecular flexibility index (Phi) is 2.87. The maximum atomic E-state index is 10.8. The highest BCUT2D eigenvalue weighted by atomic mass is 16.5. The van der Waals surface area contributed by atoms with Crippen LogP contribution in [0.15, 0.2) is 24.5 Å². The minimum absolute atomic E-state index is 0.308. The summed E-state index contributed by atoms with van der Waals surface area (Å²) >= 11 is 0. The van der Waals surface area contributed by atoms with Crippen LogP contribution < -0.4 is 0 Å². The van der Waals surface area contributed by atoms with Gasteiger partial charge in [-0.1, -0.05) is 0 Å². The number of hydrogen-bond acceptors (Lipinski definition) is 3. The molecule has 2 rings (SSSR count). The van der Waals surface area contributed by atoms with Gasteiger partial charge in [0, 0.05) is 25.9 Å². The zero-order chi connectivity index (χ0) is 11.5. The van der Waals surface area contributed by atoms with E-state index in [9.17, 15) is 4.79 Å².